The highest BCUT2D eigenvalue weighted by molar-refractivity contribution is 7.89. The SMILES string of the molecule is CCCCS(=O)(=O)N1CCN(c2ccc(Nc3ccncc3)nn2)CC1. The van der Waals surface area contributed by atoms with Gasteiger partial charge >= 0.3 is 0 Å². The summed E-state index contributed by atoms with van der Waals surface area (Å²) in [5, 5.41) is 11.6. The van der Waals surface area contributed by atoms with Crippen LogP contribution in [-0.4, -0.2) is 59.8 Å². The molecule has 2 aromatic rings. The van der Waals surface area contributed by atoms with Crippen LogP contribution in [0.2, 0.25) is 0 Å². The zero-order valence-electron chi connectivity index (χ0n) is 14.9. The molecule has 26 heavy (non-hydrogen) atoms. The van der Waals surface area contributed by atoms with Gasteiger partial charge in [-0.15, -0.1) is 10.2 Å². The second kappa shape index (κ2) is 8.41. The number of sulfonamides is 1. The van der Waals surface area contributed by atoms with Crippen molar-refractivity contribution in [1.29, 1.82) is 0 Å². The van der Waals surface area contributed by atoms with Gasteiger partial charge in [-0.25, -0.2) is 8.42 Å². The Morgan fingerprint density at radius 2 is 1.77 bits per heavy atom. The van der Waals surface area contributed by atoms with Crippen molar-refractivity contribution in [2.75, 3.05) is 42.1 Å². The molecule has 0 radical (unpaired) electrons. The molecule has 3 heterocycles. The number of hydrogen-bond acceptors (Lipinski definition) is 7. The van der Waals surface area contributed by atoms with Gasteiger partial charge in [0.15, 0.2) is 11.6 Å². The van der Waals surface area contributed by atoms with Crippen LogP contribution in [0.3, 0.4) is 0 Å². The van der Waals surface area contributed by atoms with Crippen LogP contribution in [0, 0.1) is 0 Å². The first-order valence-corrected chi connectivity index (χ1v) is 10.4. The van der Waals surface area contributed by atoms with Crippen LogP contribution >= 0.6 is 0 Å². The molecule has 0 bridgehead atoms. The van der Waals surface area contributed by atoms with Crippen LogP contribution in [0.5, 0.6) is 0 Å². The van der Waals surface area contributed by atoms with Gasteiger partial charge in [0, 0.05) is 44.3 Å². The molecule has 0 aliphatic carbocycles. The molecule has 1 aliphatic heterocycles. The molecule has 0 saturated carbocycles. The molecule has 0 unspecified atom stereocenters. The van der Waals surface area contributed by atoms with E-state index < -0.39 is 10.0 Å². The van der Waals surface area contributed by atoms with Gasteiger partial charge in [-0.1, -0.05) is 13.3 Å². The fourth-order valence-electron chi connectivity index (χ4n) is 2.79. The summed E-state index contributed by atoms with van der Waals surface area (Å²) in [7, 11) is -3.14. The molecule has 9 heteroatoms. The lowest BCUT2D eigenvalue weighted by Gasteiger charge is -2.34. The summed E-state index contributed by atoms with van der Waals surface area (Å²) in [5.74, 6) is 1.65. The zero-order valence-corrected chi connectivity index (χ0v) is 15.7. The molecular weight excluding hydrogens is 352 g/mol. The Morgan fingerprint density at radius 1 is 1.04 bits per heavy atom. The summed E-state index contributed by atoms with van der Waals surface area (Å²) in [6.45, 7) is 4.23. The highest BCUT2D eigenvalue weighted by Gasteiger charge is 2.26. The lowest BCUT2D eigenvalue weighted by Crippen LogP contribution is -2.49. The Balaban J connectivity index is 1.56. The third-order valence-electron chi connectivity index (χ3n) is 4.32. The van der Waals surface area contributed by atoms with E-state index >= 15 is 0 Å². The van der Waals surface area contributed by atoms with Gasteiger partial charge in [-0.05, 0) is 30.7 Å². The quantitative estimate of drug-likeness (QED) is 0.789. The molecule has 1 aliphatic rings. The number of piperazine rings is 1. The minimum atomic E-state index is -3.14. The second-order valence-corrected chi connectivity index (χ2v) is 8.28. The Hall–Kier alpha value is -2.26. The first-order chi connectivity index (χ1) is 12.6. The van der Waals surface area contributed by atoms with Crippen molar-refractivity contribution in [2.45, 2.75) is 19.8 Å². The number of pyridine rings is 1. The van der Waals surface area contributed by atoms with Crippen LogP contribution in [0.15, 0.2) is 36.7 Å². The van der Waals surface area contributed by atoms with Gasteiger partial charge in [0.2, 0.25) is 10.0 Å². The summed E-state index contributed by atoms with van der Waals surface area (Å²) in [6.07, 6.45) is 5.00. The van der Waals surface area contributed by atoms with Gasteiger partial charge in [0.1, 0.15) is 0 Å². The average Bonchev–Trinajstić information content (AvgIpc) is 2.68. The van der Waals surface area contributed by atoms with Crippen molar-refractivity contribution < 1.29 is 8.42 Å². The van der Waals surface area contributed by atoms with E-state index in [2.05, 4.69) is 25.4 Å². The molecule has 3 rings (SSSR count). The van der Waals surface area contributed by atoms with E-state index in [1.165, 1.54) is 0 Å². The van der Waals surface area contributed by atoms with Gasteiger partial charge in [0.25, 0.3) is 0 Å². The summed E-state index contributed by atoms with van der Waals surface area (Å²) in [4.78, 5) is 6.04. The molecule has 8 nitrogen and oxygen atoms in total. The fraction of sp³-hybridized carbons (Fsp3) is 0.471. The van der Waals surface area contributed by atoms with Crippen molar-refractivity contribution in [3.8, 4) is 0 Å². The number of anilines is 3. The van der Waals surface area contributed by atoms with Crippen molar-refractivity contribution in [2.24, 2.45) is 0 Å². The lowest BCUT2D eigenvalue weighted by atomic mass is 10.3. The van der Waals surface area contributed by atoms with Crippen LogP contribution in [-0.2, 0) is 10.0 Å². The Labute approximate surface area is 154 Å². The number of nitrogens with one attached hydrogen (secondary N) is 1. The van der Waals surface area contributed by atoms with Gasteiger partial charge in [0.05, 0.1) is 5.75 Å². The molecule has 1 fully saturated rings. The molecular formula is C17H24N6O2S. The Kier molecular flexibility index (Phi) is 6.00. The summed E-state index contributed by atoms with van der Waals surface area (Å²) in [5.41, 5.74) is 0.896. The standard InChI is InChI=1S/C17H24N6O2S/c1-2-3-14-26(24,25)23-12-10-22(11-13-23)17-5-4-16(20-21-17)19-15-6-8-18-9-7-15/h4-9H,2-3,10-14H2,1H3,(H,18,19,20). The predicted octanol–water partition coefficient (Wildman–Crippen LogP) is 1.87. The minimum absolute atomic E-state index is 0.235. The molecule has 0 amide bonds. The Bertz CT molecular complexity index is 790. The van der Waals surface area contributed by atoms with Crippen molar-refractivity contribution >= 4 is 27.3 Å². The van der Waals surface area contributed by atoms with Crippen molar-refractivity contribution in [3.63, 3.8) is 0 Å². The van der Waals surface area contributed by atoms with Crippen LogP contribution in [0.25, 0.3) is 0 Å². The first-order valence-electron chi connectivity index (χ1n) is 8.82. The van der Waals surface area contributed by atoms with E-state index in [0.29, 0.717) is 38.4 Å². The highest BCUT2D eigenvalue weighted by atomic mass is 32.2. The monoisotopic (exact) mass is 376 g/mol. The van der Waals surface area contributed by atoms with Crippen LogP contribution in [0.1, 0.15) is 19.8 Å². The molecule has 2 aromatic heterocycles. The normalized spacial score (nSPS) is 15.8. The number of rotatable bonds is 7. The van der Waals surface area contributed by atoms with Crippen molar-refractivity contribution in [3.05, 3.63) is 36.7 Å². The maximum Gasteiger partial charge on any atom is 0.214 e. The van der Waals surface area contributed by atoms with Gasteiger partial charge in [-0.3, -0.25) is 4.98 Å². The smallest absolute Gasteiger partial charge is 0.214 e. The summed E-state index contributed by atoms with van der Waals surface area (Å²) >= 11 is 0. The molecule has 1 saturated heterocycles. The minimum Gasteiger partial charge on any atom is -0.352 e. The van der Waals surface area contributed by atoms with Gasteiger partial charge < -0.3 is 10.2 Å². The average molecular weight is 376 g/mol. The zero-order chi connectivity index (χ0) is 18.4. The maximum atomic E-state index is 12.3. The first kappa shape index (κ1) is 18.5. The second-order valence-electron chi connectivity index (χ2n) is 6.19. The lowest BCUT2D eigenvalue weighted by molar-refractivity contribution is 0.383. The molecule has 1 N–H and O–H groups in total. The maximum absolute atomic E-state index is 12.3. The van der Waals surface area contributed by atoms with E-state index in [1.54, 1.807) is 16.7 Å². The molecule has 0 atom stereocenters. The predicted molar refractivity (Wildman–Crippen MR) is 102 cm³/mol. The third kappa shape index (κ3) is 4.67. The number of unbranched alkanes of at least 4 members (excludes halogenated alkanes) is 1. The van der Waals surface area contributed by atoms with E-state index in [4.69, 9.17) is 0 Å². The topological polar surface area (TPSA) is 91.3 Å². The van der Waals surface area contributed by atoms with Gasteiger partial charge in [-0.2, -0.15) is 4.31 Å². The number of hydrogen-bond donors (Lipinski definition) is 1. The van der Waals surface area contributed by atoms with E-state index in [0.717, 1.165) is 17.9 Å². The highest BCUT2D eigenvalue weighted by Crippen LogP contribution is 2.18. The summed E-state index contributed by atoms with van der Waals surface area (Å²) < 4.78 is 26.1. The molecule has 0 aromatic carbocycles. The fourth-order valence-corrected chi connectivity index (χ4v) is 4.43. The summed E-state index contributed by atoms with van der Waals surface area (Å²) in [6, 6.07) is 7.48. The van der Waals surface area contributed by atoms with E-state index in [-0.39, 0.29) is 5.75 Å². The molecule has 0 spiro atoms. The third-order valence-corrected chi connectivity index (χ3v) is 6.27. The van der Waals surface area contributed by atoms with Crippen LogP contribution in [0.4, 0.5) is 17.3 Å². The Morgan fingerprint density at radius 3 is 2.38 bits per heavy atom. The van der Waals surface area contributed by atoms with E-state index in [9.17, 15) is 8.42 Å². The van der Waals surface area contributed by atoms with Crippen LogP contribution < -0.4 is 10.2 Å². The molecule has 140 valence electrons. The number of aromatic nitrogens is 3. The van der Waals surface area contributed by atoms with Crippen molar-refractivity contribution in [1.82, 2.24) is 19.5 Å². The number of nitrogens with zero attached hydrogens (tertiary/aromatic N) is 5. The largest absolute Gasteiger partial charge is 0.352 e. The van der Waals surface area contributed by atoms with E-state index in [1.807, 2.05) is 31.2 Å².